The van der Waals surface area contributed by atoms with Crippen molar-refractivity contribution in [1.82, 2.24) is 4.98 Å². The molecule has 216 valence electrons. The normalized spacial score (nSPS) is 13.5. The van der Waals surface area contributed by atoms with Crippen LogP contribution in [0.1, 0.15) is 53.9 Å². The van der Waals surface area contributed by atoms with Gasteiger partial charge in [-0.25, -0.2) is 4.98 Å². The summed E-state index contributed by atoms with van der Waals surface area (Å²) in [6.45, 7) is 0. The van der Waals surface area contributed by atoms with Crippen molar-refractivity contribution >= 4 is 51.4 Å². The molecular formula is C34H27Cl2N3O4. The van der Waals surface area contributed by atoms with Crippen LogP contribution >= 0.6 is 23.2 Å². The molecule has 6 rings (SSSR count). The van der Waals surface area contributed by atoms with Gasteiger partial charge in [-0.3, -0.25) is 14.9 Å². The Morgan fingerprint density at radius 2 is 1.63 bits per heavy atom. The van der Waals surface area contributed by atoms with Gasteiger partial charge < -0.3 is 10.1 Å². The Bertz CT molecular complexity index is 1840. The van der Waals surface area contributed by atoms with Crippen LogP contribution in [0.2, 0.25) is 10.0 Å². The number of benzene rings is 4. The molecule has 1 N–H and O–H groups in total. The van der Waals surface area contributed by atoms with Crippen LogP contribution in [0.3, 0.4) is 0 Å². The van der Waals surface area contributed by atoms with Gasteiger partial charge in [0.2, 0.25) is 0 Å². The van der Waals surface area contributed by atoms with Crippen LogP contribution in [0.4, 0.5) is 11.4 Å². The summed E-state index contributed by atoms with van der Waals surface area (Å²) in [5.74, 6) is 0.705. The maximum absolute atomic E-state index is 13.7. The van der Waals surface area contributed by atoms with Crippen molar-refractivity contribution in [2.24, 2.45) is 0 Å². The monoisotopic (exact) mass is 611 g/mol. The number of para-hydroxylation sites is 1. The van der Waals surface area contributed by atoms with Gasteiger partial charge in [0.25, 0.3) is 11.6 Å². The molecule has 1 aromatic heterocycles. The second-order valence-electron chi connectivity index (χ2n) is 10.6. The number of anilines is 1. The summed E-state index contributed by atoms with van der Waals surface area (Å²) < 4.78 is 6.26. The lowest BCUT2D eigenvalue weighted by molar-refractivity contribution is -0.384. The van der Waals surface area contributed by atoms with Gasteiger partial charge >= 0.3 is 0 Å². The summed E-state index contributed by atoms with van der Waals surface area (Å²) in [6.07, 6.45) is 5.53. The van der Waals surface area contributed by atoms with Crippen LogP contribution < -0.4 is 10.1 Å². The highest BCUT2D eigenvalue weighted by Gasteiger charge is 2.22. The first-order chi connectivity index (χ1) is 20.8. The predicted octanol–water partition coefficient (Wildman–Crippen LogP) is 10.2. The zero-order chi connectivity index (χ0) is 29.9. The maximum Gasteiger partial charge on any atom is 0.275 e. The topological polar surface area (TPSA) is 94.4 Å². The van der Waals surface area contributed by atoms with Crippen LogP contribution in [0.25, 0.3) is 22.2 Å². The minimum Gasteiger partial charge on any atom is -0.457 e. The smallest absolute Gasteiger partial charge is 0.275 e. The molecule has 1 saturated carbocycles. The number of nitro benzene ring substituents is 1. The number of carbonyl (C=O) groups excluding carboxylic acids is 1. The molecule has 7 nitrogen and oxygen atoms in total. The predicted molar refractivity (Wildman–Crippen MR) is 171 cm³/mol. The molecule has 0 radical (unpaired) electrons. The summed E-state index contributed by atoms with van der Waals surface area (Å²) in [5.41, 5.74) is 3.43. The van der Waals surface area contributed by atoms with E-state index in [4.69, 9.17) is 32.9 Å². The van der Waals surface area contributed by atoms with Crippen LogP contribution in [-0.2, 0) is 0 Å². The van der Waals surface area contributed by atoms with E-state index < -0.39 is 10.8 Å². The Hall–Kier alpha value is -4.46. The standard InChI is InChI=1S/C34H27Cl2N3O4/c35-23-12-10-22(11-13-23)32-20-30(28-8-4-5-9-31(28)38-32)34(40)37-25-17-26(39(41)42)19-27(18-25)43-33-15-14-24(36)16-29(33)21-6-2-1-3-7-21/h4-5,8-21H,1-3,6-7H2,(H,37,40). The quantitative estimate of drug-likeness (QED) is 0.146. The number of carbonyl (C=O) groups is 1. The van der Waals surface area contributed by atoms with Crippen molar-refractivity contribution in [3.05, 3.63) is 122 Å². The summed E-state index contributed by atoms with van der Waals surface area (Å²) in [6, 6.07) is 26.0. The zero-order valence-corrected chi connectivity index (χ0v) is 24.6. The van der Waals surface area contributed by atoms with E-state index in [1.807, 2.05) is 42.5 Å². The molecule has 0 spiro atoms. The number of nitro groups is 1. The van der Waals surface area contributed by atoms with Crippen LogP contribution in [-0.4, -0.2) is 15.8 Å². The molecule has 1 aliphatic carbocycles. The number of ether oxygens (including phenoxy) is 1. The molecule has 1 heterocycles. The van der Waals surface area contributed by atoms with E-state index in [1.165, 1.54) is 18.6 Å². The molecule has 4 aromatic carbocycles. The molecular weight excluding hydrogens is 585 g/mol. The molecule has 0 aliphatic heterocycles. The van der Waals surface area contributed by atoms with E-state index in [-0.39, 0.29) is 17.1 Å². The largest absolute Gasteiger partial charge is 0.457 e. The number of rotatable bonds is 7. The fourth-order valence-electron chi connectivity index (χ4n) is 5.62. The molecule has 43 heavy (non-hydrogen) atoms. The molecule has 0 bridgehead atoms. The third-order valence-corrected chi connectivity index (χ3v) is 8.19. The highest BCUT2D eigenvalue weighted by molar-refractivity contribution is 6.31. The van der Waals surface area contributed by atoms with E-state index in [0.717, 1.165) is 36.8 Å². The van der Waals surface area contributed by atoms with Crippen LogP contribution in [0, 0.1) is 10.1 Å². The molecule has 5 aromatic rings. The van der Waals surface area contributed by atoms with Gasteiger partial charge in [-0.15, -0.1) is 0 Å². The van der Waals surface area contributed by atoms with E-state index in [0.29, 0.717) is 43.9 Å². The summed E-state index contributed by atoms with van der Waals surface area (Å²) in [4.78, 5) is 29.8. The average Bonchev–Trinajstić information content (AvgIpc) is 3.02. The number of non-ortho nitro benzene ring substituents is 1. The number of aromatic nitrogens is 1. The van der Waals surface area contributed by atoms with Gasteiger partial charge in [0.1, 0.15) is 11.5 Å². The first-order valence-electron chi connectivity index (χ1n) is 14.1. The van der Waals surface area contributed by atoms with E-state index >= 15 is 0 Å². The minimum absolute atomic E-state index is 0.206. The number of amides is 1. The number of pyridine rings is 1. The Balaban J connectivity index is 1.35. The Labute approximate surface area is 258 Å². The van der Waals surface area contributed by atoms with Gasteiger partial charge in [-0.2, -0.15) is 0 Å². The van der Waals surface area contributed by atoms with Gasteiger partial charge in [-0.05, 0) is 66.8 Å². The van der Waals surface area contributed by atoms with Crippen molar-refractivity contribution in [2.75, 3.05) is 5.32 Å². The van der Waals surface area contributed by atoms with Crippen LogP contribution in [0.5, 0.6) is 11.5 Å². The second kappa shape index (κ2) is 12.4. The van der Waals surface area contributed by atoms with Crippen molar-refractivity contribution < 1.29 is 14.5 Å². The highest BCUT2D eigenvalue weighted by Crippen LogP contribution is 2.41. The highest BCUT2D eigenvalue weighted by atomic mass is 35.5. The molecule has 9 heteroatoms. The average molecular weight is 613 g/mol. The number of fused-ring (bicyclic) bond motifs is 1. The lowest BCUT2D eigenvalue weighted by Crippen LogP contribution is -2.13. The third-order valence-electron chi connectivity index (χ3n) is 7.71. The summed E-state index contributed by atoms with van der Waals surface area (Å²) >= 11 is 12.4. The van der Waals surface area contributed by atoms with Crippen molar-refractivity contribution in [3.8, 4) is 22.8 Å². The van der Waals surface area contributed by atoms with Crippen molar-refractivity contribution in [1.29, 1.82) is 0 Å². The van der Waals surface area contributed by atoms with E-state index in [1.54, 1.807) is 36.4 Å². The summed E-state index contributed by atoms with van der Waals surface area (Å²) in [5, 5.41) is 16.6. The maximum atomic E-state index is 13.7. The Morgan fingerprint density at radius 1 is 0.884 bits per heavy atom. The zero-order valence-electron chi connectivity index (χ0n) is 23.1. The minimum atomic E-state index is -0.507. The first-order valence-corrected chi connectivity index (χ1v) is 14.8. The fraction of sp³-hybridized carbons (Fsp3) is 0.176. The number of halogens is 2. The molecule has 0 saturated heterocycles. The van der Waals surface area contributed by atoms with Gasteiger partial charge in [-0.1, -0.05) is 72.8 Å². The molecule has 1 fully saturated rings. The number of hydrogen-bond donors (Lipinski definition) is 1. The lowest BCUT2D eigenvalue weighted by atomic mass is 9.84. The van der Waals surface area contributed by atoms with E-state index in [2.05, 4.69) is 5.32 Å². The van der Waals surface area contributed by atoms with Crippen molar-refractivity contribution in [2.45, 2.75) is 38.0 Å². The fourth-order valence-corrected chi connectivity index (χ4v) is 5.93. The second-order valence-corrected chi connectivity index (χ2v) is 11.5. The number of nitrogens with one attached hydrogen (secondary N) is 1. The molecule has 1 amide bonds. The first kappa shape index (κ1) is 28.6. The van der Waals surface area contributed by atoms with Gasteiger partial charge in [0.15, 0.2) is 0 Å². The van der Waals surface area contributed by atoms with Gasteiger partial charge in [0, 0.05) is 33.1 Å². The van der Waals surface area contributed by atoms with Crippen LogP contribution in [0.15, 0.2) is 91.0 Å². The SMILES string of the molecule is O=C(Nc1cc(Oc2ccc(Cl)cc2C2CCCCC2)cc([N+](=O)[O-])c1)c1cc(-c2ccc(Cl)cc2)nc2ccccc12. The molecule has 0 unspecified atom stereocenters. The van der Waals surface area contributed by atoms with E-state index in [9.17, 15) is 14.9 Å². The number of nitrogens with zero attached hydrogens (tertiary/aromatic N) is 2. The molecule has 1 aliphatic rings. The van der Waals surface area contributed by atoms with Gasteiger partial charge in [0.05, 0.1) is 33.5 Å². The Kier molecular flexibility index (Phi) is 8.27. The number of hydrogen-bond acceptors (Lipinski definition) is 5. The summed E-state index contributed by atoms with van der Waals surface area (Å²) in [7, 11) is 0. The third kappa shape index (κ3) is 6.48. The molecule has 0 atom stereocenters. The Morgan fingerprint density at radius 3 is 2.40 bits per heavy atom. The van der Waals surface area contributed by atoms with Crippen molar-refractivity contribution in [3.63, 3.8) is 0 Å². The lowest BCUT2D eigenvalue weighted by Gasteiger charge is -2.24.